The number of thioether (sulfide) groups is 1. The summed E-state index contributed by atoms with van der Waals surface area (Å²) < 4.78 is 34.1. The van der Waals surface area contributed by atoms with Gasteiger partial charge in [-0.2, -0.15) is 0 Å². The molecular formula is C25H33N3O6S2. The van der Waals surface area contributed by atoms with Gasteiger partial charge < -0.3 is 9.64 Å². The summed E-state index contributed by atoms with van der Waals surface area (Å²) in [5, 5.41) is 11.6. The Kier molecular flexibility index (Phi) is 8.89. The van der Waals surface area contributed by atoms with Crippen LogP contribution in [0.25, 0.3) is 0 Å². The van der Waals surface area contributed by atoms with Crippen LogP contribution in [0.5, 0.6) is 0 Å². The first-order valence-corrected chi connectivity index (χ1v) is 14.5. The van der Waals surface area contributed by atoms with E-state index in [1.54, 1.807) is 28.8 Å². The number of nitrogens with zero attached hydrogens (tertiary/aromatic N) is 3. The summed E-state index contributed by atoms with van der Waals surface area (Å²) in [6, 6.07) is 12.5. The SMILES string of the molecule is CSc1ccc(N(CCC2CCN(C(=O)OC(C)(C)C)CC2)S(=O)(=O)c2ccccc2[N+](=O)[O-])cc1. The standard InChI is InChI=1S/C25H33N3O6S2/c1-25(2,3)34-24(29)26-16-13-19(14-17-26)15-18-27(20-9-11-21(35-4)12-10-20)36(32,33)23-8-6-5-7-22(23)28(30)31/h5-12,19H,13-18H2,1-4H3. The fourth-order valence-electron chi connectivity index (χ4n) is 4.11. The smallest absolute Gasteiger partial charge is 0.410 e. The van der Waals surface area contributed by atoms with Crippen LogP contribution in [0.1, 0.15) is 40.0 Å². The van der Waals surface area contributed by atoms with Gasteiger partial charge in [0.05, 0.1) is 10.6 Å². The van der Waals surface area contributed by atoms with Crippen LogP contribution in [-0.4, -0.2) is 55.8 Å². The molecule has 1 heterocycles. The van der Waals surface area contributed by atoms with Crippen LogP contribution in [0.2, 0.25) is 0 Å². The zero-order chi connectivity index (χ0) is 26.5. The highest BCUT2D eigenvalue weighted by Crippen LogP contribution is 2.32. The van der Waals surface area contributed by atoms with E-state index >= 15 is 0 Å². The number of amides is 1. The molecular weight excluding hydrogens is 502 g/mol. The molecule has 9 nitrogen and oxygen atoms in total. The molecule has 0 spiro atoms. The number of carbonyl (C=O) groups excluding carboxylic acids is 1. The lowest BCUT2D eigenvalue weighted by Crippen LogP contribution is -2.42. The molecule has 2 aromatic rings. The lowest BCUT2D eigenvalue weighted by Gasteiger charge is -2.34. The number of para-hydroxylation sites is 1. The van der Waals surface area contributed by atoms with E-state index in [-0.39, 0.29) is 23.5 Å². The van der Waals surface area contributed by atoms with Crippen molar-refractivity contribution < 1.29 is 22.9 Å². The average Bonchev–Trinajstić information content (AvgIpc) is 2.83. The van der Waals surface area contributed by atoms with Crippen LogP contribution in [0, 0.1) is 16.0 Å². The summed E-state index contributed by atoms with van der Waals surface area (Å²) in [7, 11) is -4.19. The minimum Gasteiger partial charge on any atom is -0.444 e. The number of anilines is 1. The van der Waals surface area contributed by atoms with Crippen molar-refractivity contribution in [1.82, 2.24) is 4.90 Å². The molecule has 1 aliphatic rings. The van der Waals surface area contributed by atoms with Crippen molar-refractivity contribution >= 4 is 39.3 Å². The Hall–Kier alpha value is -2.79. The van der Waals surface area contributed by atoms with E-state index in [1.165, 1.54) is 28.6 Å². The average molecular weight is 536 g/mol. The van der Waals surface area contributed by atoms with Gasteiger partial charge in [0.1, 0.15) is 5.60 Å². The van der Waals surface area contributed by atoms with Gasteiger partial charge in [0.25, 0.3) is 15.7 Å². The Morgan fingerprint density at radius 1 is 1.14 bits per heavy atom. The topological polar surface area (TPSA) is 110 Å². The van der Waals surface area contributed by atoms with E-state index in [9.17, 15) is 23.3 Å². The number of carbonyl (C=O) groups is 1. The summed E-state index contributed by atoms with van der Waals surface area (Å²) in [6.07, 6.45) is 3.61. The largest absolute Gasteiger partial charge is 0.444 e. The van der Waals surface area contributed by atoms with E-state index in [0.29, 0.717) is 25.2 Å². The van der Waals surface area contributed by atoms with Crippen LogP contribution in [0.4, 0.5) is 16.2 Å². The predicted octanol–water partition coefficient (Wildman–Crippen LogP) is 5.55. The summed E-state index contributed by atoms with van der Waals surface area (Å²) in [4.78, 5) is 25.6. The van der Waals surface area contributed by atoms with Crippen LogP contribution < -0.4 is 4.31 Å². The molecule has 1 saturated heterocycles. The molecule has 0 radical (unpaired) electrons. The second kappa shape index (κ2) is 11.5. The first kappa shape index (κ1) is 27.8. The Balaban J connectivity index is 1.79. The second-order valence-corrected chi connectivity index (χ2v) is 12.4. The number of benzene rings is 2. The van der Waals surface area contributed by atoms with E-state index in [0.717, 1.165) is 17.7 Å². The maximum absolute atomic E-state index is 13.7. The van der Waals surface area contributed by atoms with Gasteiger partial charge in [0.15, 0.2) is 4.90 Å². The molecule has 0 saturated carbocycles. The van der Waals surface area contributed by atoms with Gasteiger partial charge in [0, 0.05) is 30.6 Å². The highest BCUT2D eigenvalue weighted by molar-refractivity contribution is 7.98. The zero-order valence-electron chi connectivity index (χ0n) is 21.0. The molecule has 196 valence electrons. The molecule has 11 heteroatoms. The van der Waals surface area contributed by atoms with Crippen LogP contribution in [0.15, 0.2) is 58.3 Å². The summed E-state index contributed by atoms with van der Waals surface area (Å²) in [5.74, 6) is 0.206. The first-order valence-electron chi connectivity index (χ1n) is 11.8. The molecule has 3 rings (SSSR count). The molecule has 0 atom stereocenters. The number of nitro groups is 1. The van der Waals surface area contributed by atoms with Gasteiger partial charge in [-0.15, -0.1) is 11.8 Å². The molecule has 1 fully saturated rings. The fraction of sp³-hybridized carbons (Fsp3) is 0.480. The molecule has 0 unspecified atom stereocenters. The molecule has 1 amide bonds. The van der Waals surface area contributed by atoms with Crippen molar-refractivity contribution in [1.29, 1.82) is 0 Å². The third-order valence-electron chi connectivity index (χ3n) is 6.00. The zero-order valence-corrected chi connectivity index (χ0v) is 22.7. The minimum absolute atomic E-state index is 0.171. The number of hydrogen-bond donors (Lipinski definition) is 0. The number of nitro benzene ring substituents is 1. The van der Waals surface area contributed by atoms with Gasteiger partial charge in [-0.05, 0) is 82.5 Å². The summed E-state index contributed by atoms with van der Waals surface area (Å²) >= 11 is 1.54. The highest BCUT2D eigenvalue weighted by Gasteiger charge is 2.33. The number of likely N-dealkylation sites (tertiary alicyclic amines) is 1. The first-order chi connectivity index (χ1) is 16.9. The van der Waals surface area contributed by atoms with Crippen molar-refractivity contribution in [3.63, 3.8) is 0 Å². The van der Waals surface area contributed by atoms with Gasteiger partial charge in [0.2, 0.25) is 0 Å². The number of rotatable bonds is 8. The van der Waals surface area contributed by atoms with E-state index in [2.05, 4.69) is 0 Å². The molecule has 1 aliphatic heterocycles. The maximum atomic E-state index is 13.7. The molecule has 2 aromatic carbocycles. The normalized spacial score (nSPS) is 14.9. The Morgan fingerprint density at radius 3 is 2.31 bits per heavy atom. The number of ether oxygens (including phenoxy) is 1. The number of sulfonamides is 1. The van der Waals surface area contributed by atoms with E-state index < -0.39 is 26.2 Å². The Labute approximate surface area is 217 Å². The summed E-state index contributed by atoms with van der Waals surface area (Å²) in [5.41, 5.74) is -0.555. The van der Waals surface area contributed by atoms with Gasteiger partial charge in [-0.3, -0.25) is 14.4 Å². The Bertz CT molecular complexity index is 1170. The predicted molar refractivity (Wildman–Crippen MR) is 141 cm³/mol. The van der Waals surface area contributed by atoms with Crippen molar-refractivity contribution in [2.75, 3.05) is 30.2 Å². The molecule has 0 N–H and O–H groups in total. The van der Waals surface area contributed by atoms with Gasteiger partial charge in [-0.1, -0.05) is 12.1 Å². The maximum Gasteiger partial charge on any atom is 0.410 e. The summed E-state index contributed by atoms with van der Waals surface area (Å²) in [6.45, 7) is 6.74. The Morgan fingerprint density at radius 2 is 1.75 bits per heavy atom. The fourth-order valence-corrected chi connectivity index (χ4v) is 6.16. The lowest BCUT2D eigenvalue weighted by molar-refractivity contribution is -0.387. The van der Waals surface area contributed by atoms with Crippen molar-refractivity contribution in [2.45, 2.75) is 55.4 Å². The van der Waals surface area contributed by atoms with E-state index in [4.69, 9.17) is 4.74 Å². The number of piperidine rings is 1. The van der Waals surface area contributed by atoms with Gasteiger partial charge >= 0.3 is 6.09 Å². The molecule has 36 heavy (non-hydrogen) atoms. The van der Waals surface area contributed by atoms with Crippen LogP contribution in [-0.2, 0) is 14.8 Å². The molecule has 0 aliphatic carbocycles. The van der Waals surface area contributed by atoms with Crippen LogP contribution in [0.3, 0.4) is 0 Å². The quantitative estimate of drug-likeness (QED) is 0.248. The third-order valence-corrected chi connectivity index (χ3v) is 8.62. The minimum atomic E-state index is -4.19. The molecule has 0 bridgehead atoms. The van der Waals surface area contributed by atoms with Crippen molar-refractivity contribution in [2.24, 2.45) is 5.92 Å². The lowest BCUT2D eigenvalue weighted by atomic mass is 9.94. The third kappa shape index (κ3) is 6.91. The highest BCUT2D eigenvalue weighted by atomic mass is 32.2. The van der Waals surface area contributed by atoms with Crippen LogP contribution >= 0.6 is 11.8 Å². The molecule has 0 aromatic heterocycles. The monoisotopic (exact) mass is 535 g/mol. The second-order valence-electron chi connectivity index (χ2n) is 9.70. The van der Waals surface area contributed by atoms with Gasteiger partial charge in [-0.25, -0.2) is 13.2 Å². The van der Waals surface area contributed by atoms with Crippen molar-refractivity contribution in [3.8, 4) is 0 Å². The van der Waals surface area contributed by atoms with Crippen molar-refractivity contribution in [3.05, 3.63) is 58.6 Å². The number of hydrogen-bond acceptors (Lipinski definition) is 7. The van der Waals surface area contributed by atoms with E-state index in [1.807, 2.05) is 39.2 Å².